The van der Waals surface area contributed by atoms with Gasteiger partial charge in [0.25, 0.3) is 0 Å². The van der Waals surface area contributed by atoms with E-state index in [0.717, 1.165) is 0 Å². The Morgan fingerprint density at radius 2 is 1.26 bits per heavy atom. The topological polar surface area (TPSA) is 86.6 Å². The maximum atomic E-state index is 12.3. The van der Waals surface area contributed by atoms with Gasteiger partial charge in [0.1, 0.15) is 5.70 Å². The molecule has 0 spiro atoms. The summed E-state index contributed by atoms with van der Waals surface area (Å²) in [6, 6.07) is 12.7. The van der Waals surface area contributed by atoms with E-state index >= 15 is 0 Å². The molecule has 23 heavy (non-hydrogen) atoms. The summed E-state index contributed by atoms with van der Waals surface area (Å²) < 4.78 is 0. The van der Waals surface area contributed by atoms with Gasteiger partial charge in [-0.05, 0) is 5.56 Å². The van der Waals surface area contributed by atoms with Gasteiger partial charge < -0.3 is 5.11 Å². The molecule has 4 rings (SSSR count). The molecule has 1 aliphatic rings. The van der Waals surface area contributed by atoms with Gasteiger partial charge in [0.05, 0.1) is 0 Å². The summed E-state index contributed by atoms with van der Waals surface area (Å²) in [6.07, 6.45) is 0. The van der Waals surface area contributed by atoms with Crippen molar-refractivity contribution in [2.24, 2.45) is 4.99 Å². The number of carbonyl (C=O) groups excluding carboxylic acids is 1. The quantitative estimate of drug-likeness (QED) is 0.645. The number of ketones is 1. The van der Waals surface area contributed by atoms with Gasteiger partial charge in [0.15, 0.2) is 5.36 Å². The van der Waals surface area contributed by atoms with Crippen LogP contribution in [0.15, 0.2) is 68.8 Å². The van der Waals surface area contributed by atoms with Gasteiger partial charge in [0, 0.05) is 16.3 Å². The lowest BCUT2D eigenvalue weighted by Crippen LogP contribution is -2.32. The Hall–Kier alpha value is -3.34. The molecule has 0 amide bonds. The fraction of sp³-hybridized carbons (Fsp3) is 0. The molecule has 0 fully saturated rings. The third kappa shape index (κ3) is 1.73. The largest absolute Gasteiger partial charge is 0.870 e. The predicted octanol–water partition coefficient (Wildman–Crippen LogP) is 0.262. The lowest BCUT2D eigenvalue weighted by Gasteiger charge is -2.07. The second-order valence-corrected chi connectivity index (χ2v) is 5.22. The molecule has 1 aliphatic carbocycles. The van der Waals surface area contributed by atoms with Crippen LogP contribution in [-0.2, 0) is 0 Å². The van der Waals surface area contributed by atoms with Crippen molar-refractivity contribution < 1.29 is 9.90 Å². The maximum absolute atomic E-state index is 12.3. The van der Waals surface area contributed by atoms with Crippen LogP contribution in [0.4, 0.5) is 0 Å². The number of carbonyl (C=O) groups is 1. The highest BCUT2D eigenvalue weighted by molar-refractivity contribution is 6.19. The van der Waals surface area contributed by atoms with Gasteiger partial charge >= 0.3 is 0 Å². The number of allylic oxidation sites excluding steroid dienone is 1. The van der Waals surface area contributed by atoms with E-state index in [9.17, 15) is 19.5 Å². The summed E-state index contributed by atoms with van der Waals surface area (Å²) in [7, 11) is 0. The Balaban J connectivity index is 2.04. The first-order valence-electron chi connectivity index (χ1n) is 6.92. The van der Waals surface area contributed by atoms with E-state index in [1.165, 1.54) is 24.3 Å². The summed E-state index contributed by atoms with van der Waals surface area (Å²) >= 11 is 0. The van der Waals surface area contributed by atoms with Crippen LogP contribution >= 0.6 is 0 Å². The monoisotopic (exact) mass is 302 g/mol. The number of hydrogen-bond acceptors (Lipinski definition) is 5. The lowest BCUT2D eigenvalue weighted by molar-refractivity contribution is -0.244. The maximum Gasteiger partial charge on any atom is 0.216 e. The van der Waals surface area contributed by atoms with E-state index in [1.807, 2.05) is 0 Å². The van der Waals surface area contributed by atoms with Crippen molar-refractivity contribution in [3.8, 4) is 0 Å². The van der Waals surface area contributed by atoms with Crippen molar-refractivity contribution in [2.75, 3.05) is 0 Å². The molecular formula is C18H8NO4-. The fourth-order valence-electron chi connectivity index (χ4n) is 2.79. The Bertz CT molecular complexity index is 1130. The molecule has 0 saturated carbocycles. The molecule has 3 aromatic carbocycles. The Morgan fingerprint density at radius 3 is 1.83 bits per heavy atom. The average Bonchev–Trinajstić information content (AvgIpc) is 2.97. The number of fused-ring (bicyclic) bond motifs is 2. The van der Waals surface area contributed by atoms with Crippen LogP contribution in [0.25, 0.3) is 16.5 Å². The van der Waals surface area contributed by atoms with Crippen LogP contribution in [0.5, 0.6) is 0 Å². The highest BCUT2D eigenvalue weighted by atomic mass is 16.3. The highest BCUT2D eigenvalue weighted by Gasteiger charge is 2.24. The van der Waals surface area contributed by atoms with Crippen LogP contribution < -0.4 is 21.3 Å². The summed E-state index contributed by atoms with van der Waals surface area (Å²) in [4.78, 5) is 40.7. The molecule has 0 aliphatic heterocycles. The number of benzene rings is 2. The fourth-order valence-corrected chi connectivity index (χ4v) is 2.79. The molecule has 0 bridgehead atoms. The molecule has 3 aromatic rings. The number of nitrogens with zero attached hydrogens (tertiary/aromatic N) is 1. The lowest BCUT2D eigenvalue weighted by atomic mass is 10.1. The molecule has 0 radical (unpaired) electrons. The van der Waals surface area contributed by atoms with Gasteiger partial charge in [-0.1, -0.05) is 54.3 Å². The summed E-state index contributed by atoms with van der Waals surface area (Å²) in [5, 5.41) is 12.4. The normalized spacial score (nSPS) is 13.7. The van der Waals surface area contributed by atoms with Crippen LogP contribution in [0.3, 0.4) is 0 Å². The molecule has 0 unspecified atom stereocenters. The number of Topliss-reactive ketones (excluding diaryl/α,β-unsaturated/α-hetero) is 1. The Kier molecular flexibility index (Phi) is 2.65. The molecular weight excluding hydrogens is 294 g/mol. The third-order valence-electron chi connectivity index (χ3n) is 3.92. The molecule has 0 heterocycles. The first-order chi connectivity index (χ1) is 11.1. The highest BCUT2D eigenvalue weighted by Crippen LogP contribution is 2.29. The van der Waals surface area contributed by atoms with Gasteiger partial charge in [-0.25, -0.2) is 4.99 Å². The third-order valence-corrected chi connectivity index (χ3v) is 3.92. The second-order valence-electron chi connectivity index (χ2n) is 5.22. The van der Waals surface area contributed by atoms with E-state index in [0.29, 0.717) is 0 Å². The van der Waals surface area contributed by atoms with E-state index in [-0.39, 0.29) is 33.0 Å². The van der Waals surface area contributed by atoms with E-state index in [4.69, 9.17) is 0 Å². The van der Waals surface area contributed by atoms with E-state index in [1.54, 1.807) is 24.3 Å². The molecule has 5 nitrogen and oxygen atoms in total. The van der Waals surface area contributed by atoms with Gasteiger partial charge in [-0.3, -0.25) is 14.4 Å². The van der Waals surface area contributed by atoms with E-state index < -0.39 is 22.4 Å². The van der Waals surface area contributed by atoms with Crippen LogP contribution in [0, 0.1) is 0 Å². The van der Waals surface area contributed by atoms with Gasteiger partial charge in [-0.2, -0.15) is 0 Å². The van der Waals surface area contributed by atoms with Gasteiger partial charge in [-0.15, -0.1) is 0 Å². The molecule has 0 aromatic heterocycles. The van der Waals surface area contributed by atoms with Crippen LogP contribution in [0.1, 0.15) is 15.9 Å². The van der Waals surface area contributed by atoms with Crippen LogP contribution in [0.2, 0.25) is 0 Å². The van der Waals surface area contributed by atoms with Crippen LogP contribution in [-0.4, -0.2) is 5.78 Å². The van der Waals surface area contributed by atoms with Crippen molar-refractivity contribution in [2.45, 2.75) is 0 Å². The molecule has 110 valence electrons. The van der Waals surface area contributed by atoms with Crippen molar-refractivity contribution in [1.29, 1.82) is 0 Å². The number of hydrogen-bond donors (Lipinski definition) is 0. The Labute approximate surface area is 129 Å². The summed E-state index contributed by atoms with van der Waals surface area (Å²) in [5.41, 5.74) is -1.01. The zero-order valence-corrected chi connectivity index (χ0v) is 11.7. The minimum absolute atomic E-state index is 0.243. The van der Waals surface area contributed by atoms with Crippen molar-refractivity contribution in [3.05, 3.63) is 91.2 Å². The van der Waals surface area contributed by atoms with E-state index in [2.05, 4.69) is 4.99 Å². The number of rotatable bonds is 1. The van der Waals surface area contributed by atoms with Gasteiger partial charge in [0.2, 0.25) is 16.6 Å². The second kappa shape index (κ2) is 4.58. The van der Waals surface area contributed by atoms with Crippen molar-refractivity contribution >= 4 is 22.3 Å². The zero-order valence-electron chi connectivity index (χ0n) is 11.7. The predicted molar refractivity (Wildman–Crippen MR) is 82.1 cm³/mol. The standard InChI is InChI=1S/C18H9NO4/c20-15-9-5-1-2-6-10(9)16(21)13(15)19-14-17(22)11-7-3-4-8-12(11)18(14)23/h1-8,20H/p-1. The average molecular weight is 302 g/mol. The van der Waals surface area contributed by atoms with Crippen molar-refractivity contribution in [3.63, 3.8) is 0 Å². The van der Waals surface area contributed by atoms with Crippen molar-refractivity contribution in [1.82, 2.24) is 0 Å². The first-order valence-corrected chi connectivity index (χ1v) is 6.92. The first kappa shape index (κ1) is 13.3. The Morgan fingerprint density at radius 1 is 0.739 bits per heavy atom. The molecule has 5 heteroatoms. The zero-order chi connectivity index (χ0) is 16.1. The summed E-state index contributed by atoms with van der Waals surface area (Å²) in [5.74, 6) is -1.12. The smallest absolute Gasteiger partial charge is 0.216 e. The molecule has 0 N–H and O–H groups in total. The minimum Gasteiger partial charge on any atom is -0.870 e. The summed E-state index contributed by atoms with van der Waals surface area (Å²) in [6.45, 7) is 0. The SMILES string of the molecule is O=C1C(N=c2c(=O)c3ccccc3c2=O)=C([O-])c2ccccc21. The molecule has 0 saturated heterocycles. The minimum atomic E-state index is -0.561. The molecule has 0 atom stereocenters.